The Morgan fingerprint density at radius 3 is 2.52 bits per heavy atom. The number of halogens is 1. The Morgan fingerprint density at radius 2 is 1.79 bits per heavy atom. The monoisotopic (exact) mass is 449 g/mol. The van der Waals surface area contributed by atoms with Crippen LogP contribution in [0.15, 0.2) is 42.5 Å². The van der Waals surface area contributed by atoms with Gasteiger partial charge in [0.05, 0.1) is 32.0 Å². The third kappa shape index (κ3) is 3.52. The summed E-state index contributed by atoms with van der Waals surface area (Å²) >= 11 is 0. The second-order valence-electron chi connectivity index (χ2n) is 9.20. The zero-order valence-corrected chi connectivity index (χ0v) is 19.0. The third-order valence-electron chi connectivity index (χ3n) is 7.24. The number of carbonyl (C=O) groups excluding carboxylic acids is 2. The van der Waals surface area contributed by atoms with E-state index < -0.39 is 17.6 Å². The lowest BCUT2D eigenvalue weighted by molar-refractivity contribution is -0.155. The zero-order chi connectivity index (χ0) is 23.2. The molecule has 0 saturated heterocycles. The van der Waals surface area contributed by atoms with Crippen molar-refractivity contribution < 1.29 is 23.5 Å². The highest BCUT2D eigenvalue weighted by molar-refractivity contribution is 5.99. The van der Waals surface area contributed by atoms with Crippen LogP contribution in [0.3, 0.4) is 0 Å². The van der Waals surface area contributed by atoms with Crippen molar-refractivity contribution in [2.24, 2.45) is 0 Å². The largest absolute Gasteiger partial charge is 0.467 e. The van der Waals surface area contributed by atoms with Crippen LogP contribution in [0, 0.1) is 0 Å². The predicted octanol–water partition coefficient (Wildman–Crippen LogP) is 5.58. The summed E-state index contributed by atoms with van der Waals surface area (Å²) in [7, 11) is 2.57. The third-order valence-corrected chi connectivity index (χ3v) is 7.24. The number of fused-ring (bicyclic) bond motifs is 5. The normalized spacial score (nSPS) is 20.6. The molecule has 2 heterocycles. The smallest absolute Gasteiger partial charge is 0.345 e. The topological polar surface area (TPSA) is 57.5 Å². The van der Waals surface area contributed by atoms with Gasteiger partial charge in [0.25, 0.3) is 0 Å². The minimum absolute atomic E-state index is 0.0557. The average Bonchev–Trinajstić information content (AvgIpc) is 3.08. The van der Waals surface area contributed by atoms with Gasteiger partial charge in [-0.2, -0.15) is 0 Å². The van der Waals surface area contributed by atoms with E-state index in [-0.39, 0.29) is 13.0 Å². The second-order valence-corrected chi connectivity index (χ2v) is 9.20. The molecule has 3 aromatic rings. The first-order chi connectivity index (χ1) is 16.0. The van der Waals surface area contributed by atoms with E-state index in [1.165, 1.54) is 26.2 Å². The van der Waals surface area contributed by atoms with Crippen molar-refractivity contribution in [3.63, 3.8) is 0 Å². The molecule has 1 unspecified atom stereocenters. The number of carbonyl (C=O) groups is 2. The highest BCUT2D eigenvalue weighted by Gasteiger charge is 2.45. The highest BCUT2D eigenvalue weighted by Crippen LogP contribution is 2.47. The van der Waals surface area contributed by atoms with Gasteiger partial charge in [-0.1, -0.05) is 49.6 Å². The van der Waals surface area contributed by atoms with Crippen LogP contribution in [0.4, 0.5) is 4.39 Å². The minimum atomic E-state index is -2.22. The Balaban J connectivity index is 1.85. The number of benzene rings is 2. The number of ether oxygens (including phenoxy) is 2. The quantitative estimate of drug-likeness (QED) is 0.490. The number of methoxy groups -OCH3 is 2. The van der Waals surface area contributed by atoms with Crippen molar-refractivity contribution in [1.29, 1.82) is 0 Å². The molecule has 0 N–H and O–H groups in total. The first kappa shape index (κ1) is 21.7. The molecule has 5 nitrogen and oxygen atoms in total. The molecule has 0 bridgehead atoms. The molecule has 2 aliphatic rings. The molecule has 1 aliphatic heterocycles. The molecule has 0 amide bonds. The van der Waals surface area contributed by atoms with Gasteiger partial charge in [-0.15, -0.1) is 0 Å². The van der Waals surface area contributed by atoms with E-state index in [0.29, 0.717) is 11.5 Å². The van der Waals surface area contributed by atoms with Crippen molar-refractivity contribution >= 4 is 22.8 Å². The molecule has 5 rings (SSSR count). The molecular weight excluding hydrogens is 421 g/mol. The molecule has 1 fully saturated rings. The number of hydrogen-bond acceptors (Lipinski definition) is 4. The standard InChI is InChI=1S/C27H28FNO4/c1-32-25(30)18-12-13-21-22(14-18)29-16-27(28,26(31)33-2)15-19-10-6-7-11-20(19)24(29)23(21)17-8-4-3-5-9-17/h6-7,10-14,17H,3-5,8-9,15-16H2,1-2H3. The van der Waals surface area contributed by atoms with Crippen LogP contribution in [0.2, 0.25) is 0 Å². The molecule has 1 atom stereocenters. The number of nitrogens with zero attached hydrogens (tertiary/aromatic N) is 1. The summed E-state index contributed by atoms with van der Waals surface area (Å²) < 4.78 is 28.0. The molecule has 172 valence electrons. The maximum atomic E-state index is 16.3. The summed E-state index contributed by atoms with van der Waals surface area (Å²) in [6.07, 6.45) is 5.64. The van der Waals surface area contributed by atoms with Gasteiger partial charge in [-0.3, -0.25) is 0 Å². The van der Waals surface area contributed by atoms with E-state index in [4.69, 9.17) is 9.47 Å². The summed E-state index contributed by atoms with van der Waals surface area (Å²) in [5, 5.41) is 1.01. The van der Waals surface area contributed by atoms with E-state index >= 15 is 4.39 Å². The molecule has 1 saturated carbocycles. The van der Waals surface area contributed by atoms with Crippen LogP contribution in [-0.4, -0.2) is 36.4 Å². The summed E-state index contributed by atoms with van der Waals surface area (Å²) in [6.45, 7) is -0.169. The van der Waals surface area contributed by atoms with Crippen LogP contribution in [0.5, 0.6) is 0 Å². The van der Waals surface area contributed by atoms with Gasteiger partial charge in [-0.25, -0.2) is 14.0 Å². The Kier molecular flexibility index (Phi) is 5.47. The van der Waals surface area contributed by atoms with E-state index in [1.54, 1.807) is 12.1 Å². The summed E-state index contributed by atoms with van der Waals surface area (Å²) in [6, 6.07) is 13.2. The summed E-state index contributed by atoms with van der Waals surface area (Å²) in [5.74, 6) is -0.977. The van der Waals surface area contributed by atoms with Gasteiger partial charge in [0.15, 0.2) is 0 Å². The van der Waals surface area contributed by atoms with Crippen molar-refractivity contribution in [1.82, 2.24) is 4.57 Å². The van der Waals surface area contributed by atoms with Crippen LogP contribution < -0.4 is 0 Å². The zero-order valence-electron chi connectivity index (χ0n) is 19.0. The van der Waals surface area contributed by atoms with Crippen LogP contribution >= 0.6 is 0 Å². The van der Waals surface area contributed by atoms with Crippen molar-refractivity contribution in [3.8, 4) is 11.3 Å². The summed E-state index contributed by atoms with van der Waals surface area (Å²) in [4.78, 5) is 24.9. The Bertz CT molecular complexity index is 1240. The first-order valence-electron chi connectivity index (χ1n) is 11.6. The van der Waals surface area contributed by atoms with E-state index in [2.05, 4.69) is 0 Å². The maximum Gasteiger partial charge on any atom is 0.345 e. The van der Waals surface area contributed by atoms with Gasteiger partial charge < -0.3 is 14.0 Å². The van der Waals surface area contributed by atoms with Crippen LogP contribution in [0.1, 0.15) is 59.5 Å². The first-order valence-corrected chi connectivity index (χ1v) is 11.6. The molecule has 1 aliphatic carbocycles. The second kappa shape index (κ2) is 8.32. The fourth-order valence-corrected chi connectivity index (χ4v) is 5.71. The molecule has 0 spiro atoms. The fourth-order valence-electron chi connectivity index (χ4n) is 5.71. The molecule has 2 aromatic carbocycles. The van der Waals surface area contributed by atoms with Gasteiger partial charge >= 0.3 is 11.9 Å². The van der Waals surface area contributed by atoms with Crippen LogP contribution in [0.25, 0.3) is 22.2 Å². The van der Waals surface area contributed by atoms with E-state index in [0.717, 1.165) is 53.4 Å². The average molecular weight is 450 g/mol. The van der Waals surface area contributed by atoms with Crippen molar-refractivity contribution in [3.05, 3.63) is 59.2 Å². The number of alkyl halides is 1. The SMILES string of the molecule is COC(=O)c1ccc2c(C3CCCCC3)c3n(c2c1)CC(F)(C(=O)OC)Cc1ccccc1-3. The maximum absolute atomic E-state index is 16.3. The lowest BCUT2D eigenvalue weighted by Gasteiger charge is -2.24. The highest BCUT2D eigenvalue weighted by atomic mass is 19.1. The van der Waals surface area contributed by atoms with Crippen molar-refractivity contribution in [2.75, 3.05) is 14.2 Å². The summed E-state index contributed by atoms with van der Waals surface area (Å²) in [5.41, 5.74) is 2.82. The molecular formula is C27H28FNO4. The molecule has 33 heavy (non-hydrogen) atoms. The number of hydrogen-bond donors (Lipinski definition) is 0. The molecule has 1 aromatic heterocycles. The van der Waals surface area contributed by atoms with Gasteiger partial charge in [0.1, 0.15) is 0 Å². The van der Waals surface area contributed by atoms with E-state index in [1.807, 2.05) is 34.9 Å². The Morgan fingerprint density at radius 1 is 1.03 bits per heavy atom. The van der Waals surface area contributed by atoms with Gasteiger partial charge in [0.2, 0.25) is 5.67 Å². The number of rotatable bonds is 3. The number of esters is 2. The fraction of sp³-hybridized carbons (Fsp3) is 0.407. The van der Waals surface area contributed by atoms with Crippen LogP contribution in [-0.2, 0) is 27.2 Å². The van der Waals surface area contributed by atoms with Gasteiger partial charge in [0, 0.05) is 22.9 Å². The minimum Gasteiger partial charge on any atom is -0.467 e. The van der Waals surface area contributed by atoms with Gasteiger partial charge in [-0.05, 0) is 42.0 Å². The predicted molar refractivity (Wildman–Crippen MR) is 124 cm³/mol. The number of aromatic nitrogens is 1. The lowest BCUT2D eigenvalue weighted by atomic mass is 9.81. The lowest BCUT2D eigenvalue weighted by Crippen LogP contribution is -2.40. The molecule has 0 radical (unpaired) electrons. The van der Waals surface area contributed by atoms with Crippen molar-refractivity contribution in [2.45, 2.75) is 56.7 Å². The Labute approximate surface area is 192 Å². The van der Waals surface area contributed by atoms with E-state index in [9.17, 15) is 9.59 Å². The molecule has 6 heteroatoms. The Hall–Kier alpha value is -3.15.